The van der Waals surface area contributed by atoms with E-state index < -0.39 is 0 Å². The van der Waals surface area contributed by atoms with Crippen LogP contribution in [-0.4, -0.2) is 57.4 Å². The normalized spacial score (nSPS) is 14.6. The first-order valence-electron chi connectivity index (χ1n) is 7.76. The fourth-order valence-electron chi connectivity index (χ4n) is 2.52. The Kier molecular flexibility index (Phi) is 5.89. The van der Waals surface area contributed by atoms with E-state index in [2.05, 4.69) is 10.2 Å². The van der Waals surface area contributed by atoms with Crippen molar-refractivity contribution in [3.63, 3.8) is 0 Å². The molecule has 0 bridgehead atoms. The quantitative estimate of drug-likeness (QED) is 0.907. The third-order valence-corrected chi connectivity index (χ3v) is 3.85. The van der Waals surface area contributed by atoms with Crippen LogP contribution in [0.5, 0.6) is 5.75 Å². The van der Waals surface area contributed by atoms with Gasteiger partial charge in [-0.2, -0.15) is 0 Å². The Balaban J connectivity index is 2.18. The first-order valence-corrected chi connectivity index (χ1v) is 7.76. The van der Waals surface area contributed by atoms with E-state index in [4.69, 9.17) is 9.47 Å². The molecule has 6 heteroatoms. The zero-order chi connectivity index (χ0) is 15.9. The minimum atomic E-state index is -0.109. The number of rotatable bonds is 5. The fraction of sp³-hybridized carbons (Fsp3) is 0.562. The van der Waals surface area contributed by atoms with Crippen molar-refractivity contribution in [2.24, 2.45) is 0 Å². The van der Waals surface area contributed by atoms with Gasteiger partial charge in [-0.15, -0.1) is 0 Å². The molecular weight excluding hydrogens is 282 g/mol. The first kappa shape index (κ1) is 16.4. The molecule has 0 atom stereocenters. The number of urea groups is 1. The molecule has 122 valence electrons. The number of anilines is 2. The average Bonchev–Trinajstić information content (AvgIpc) is 2.56. The van der Waals surface area contributed by atoms with Gasteiger partial charge in [0.2, 0.25) is 0 Å². The van der Waals surface area contributed by atoms with E-state index in [0.29, 0.717) is 24.5 Å². The lowest BCUT2D eigenvalue weighted by Crippen LogP contribution is -2.36. The molecule has 0 unspecified atom stereocenters. The number of nitrogens with zero attached hydrogens (tertiary/aromatic N) is 2. The second-order valence-electron chi connectivity index (χ2n) is 5.09. The van der Waals surface area contributed by atoms with Gasteiger partial charge in [0.1, 0.15) is 5.75 Å². The van der Waals surface area contributed by atoms with Crippen LogP contribution in [0.4, 0.5) is 16.2 Å². The summed E-state index contributed by atoms with van der Waals surface area (Å²) >= 11 is 0. The maximum Gasteiger partial charge on any atom is 0.321 e. The summed E-state index contributed by atoms with van der Waals surface area (Å²) in [5, 5.41) is 2.95. The van der Waals surface area contributed by atoms with E-state index in [-0.39, 0.29) is 6.03 Å². The molecule has 1 aliphatic rings. The van der Waals surface area contributed by atoms with Crippen LogP contribution in [0.15, 0.2) is 18.2 Å². The van der Waals surface area contributed by atoms with Gasteiger partial charge in [0.25, 0.3) is 0 Å². The smallest absolute Gasteiger partial charge is 0.321 e. The zero-order valence-corrected chi connectivity index (χ0v) is 13.6. The third-order valence-electron chi connectivity index (χ3n) is 3.85. The van der Waals surface area contributed by atoms with Crippen molar-refractivity contribution in [3.8, 4) is 5.75 Å². The molecule has 1 fully saturated rings. The predicted octanol–water partition coefficient (Wildman–Crippen LogP) is 2.41. The largest absolute Gasteiger partial charge is 0.495 e. The van der Waals surface area contributed by atoms with Crippen molar-refractivity contribution >= 4 is 17.4 Å². The summed E-state index contributed by atoms with van der Waals surface area (Å²) in [5.41, 5.74) is 1.77. The summed E-state index contributed by atoms with van der Waals surface area (Å²) in [6.45, 7) is 8.45. The van der Waals surface area contributed by atoms with Gasteiger partial charge in [-0.25, -0.2) is 4.79 Å². The Morgan fingerprint density at radius 3 is 2.59 bits per heavy atom. The van der Waals surface area contributed by atoms with E-state index in [0.717, 1.165) is 32.0 Å². The Morgan fingerprint density at radius 1 is 1.32 bits per heavy atom. The van der Waals surface area contributed by atoms with Gasteiger partial charge in [-0.3, -0.25) is 0 Å². The van der Waals surface area contributed by atoms with E-state index in [1.54, 1.807) is 12.0 Å². The van der Waals surface area contributed by atoms with E-state index in [1.165, 1.54) is 0 Å². The van der Waals surface area contributed by atoms with Crippen LogP contribution in [0.2, 0.25) is 0 Å². The van der Waals surface area contributed by atoms with Crippen molar-refractivity contribution in [3.05, 3.63) is 18.2 Å². The number of morpholine rings is 1. The van der Waals surface area contributed by atoms with Crippen LogP contribution >= 0.6 is 0 Å². The molecule has 2 amide bonds. The Morgan fingerprint density at radius 2 is 2.00 bits per heavy atom. The van der Waals surface area contributed by atoms with Crippen molar-refractivity contribution < 1.29 is 14.3 Å². The highest BCUT2D eigenvalue weighted by Gasteiger charge is 2.16. The molecule has 0 aromatic heterocycles. The average molecular weight is 307 g/mol. The van der Waals surface area contributed by atoms with Gasteiger partial charge < -0.3 is 24.6 Å². The zero-order valence-electron chi connectivity index (χ0n) is 13.6. The van der Waals surface area contributed by atoms with E-state index >= 15 is 0 Å². The Bertz CT molecular complexity index is 497. The SMILES string of the molecule is CCN(CC)C(=O)Nc1cc(N2CCOCC2)ccc1OC. The molecule has 0 radical (unpaired) electrons. The molecule has 22 heavy (non-hydrogen) atoms. The van der Waals surface area contributed by atoms with Gasteiger partial charge in [-0.05, 0) is 32.0 Å². The number of hydrogen-bond acceptors (Lipinski definition) is 4. The van der Waals surface area contributed by atoms with Crippen LogP contribution in [-0.2, 0) is 4.74 Å². The highest BCUT2D eigenvalue weighted by atomic mass is 16.5. The topological polar surface area (TPSA) is 54.0 Å². The summed E-state index contributed by atoms with van der Waals surface area (Å²) < 4.78 is 10.7. The number of ether oxygens (including phenoxy) is 2. The molecule has 0 aliphatic carbocycles. The van der Waals surface area contributed by atoms with Crippen molar-refractivity contribution in [1.82, 2.24) is 4.90 Å². The molecule has 2 rings (SSSR count). The minimum absolute atomic E-state index is 0.109. The molecule has 1 aliphatic heterocycles. The summed E-state index contributed by atoms with van der Waals surface area (Å²) in [4.78, 5) is 16.2. The van der Waals surface area contributed by atoms with Crippen molar-refractivity contribution in [1.29, 1.82) is 0 Å². The van der Waals surface area contributed by atoms with Crippen molar-refractivity contribution in [2.45, 2.75) is 13.8 Å². The van der Waals surface area contributed by atoms with Crippen molar-refractivity contribution in [2.75, 3.05) is 56.7 Å². The van der Waals surface area contributed by atoms with Gasteiger partial charge >= 0.3 is 6.03 Å². The van der Waals surface area contributed by atoms with Crippen LogP contribution in [0.1, 0.15) is 13.8 Å². The van der Waals surface area contributed by atoms with E-state index in [9.17, 15) is 4.79 Å². The number of methoxy groups -OCH3 is 1. The van der Waals surface area contributed by atoms with Gasteiger partial charge in [0.15, 0.2) is 0 Å². The number of amides is 2. The Labute approximate surface area is 132 Å². The highest BCUT2D eigenvalue weighted by Crippen LogP contribution is 2.30. The molecule has 1 heterocycles. The predicted molar refractivity (Wildman–Crippen MR) is 88.0 cm³/mol. The lowest BCUT2D eigenvalue weighted by molar-refractivity contribution is 0.122. The van der Waals surface area contributed by atoms with Gasteiger partial charge in [-0.1, -0.05) is 0 Å². The van der Waals surface area contributed by atoms with Crippen LogP contribution in [0, 0.1) is 0 Å². The first-order chi connectivity index (χ1) is 10.7. The lowest BCUT2D eigenvalue weighted by Gasteiger charge is -2.29. The maximum absolute atomic E-state index is 12.3. The molecular formula is C16H25N3O3. The lowest BCUT2D eigenvalue weighted by atomic mass is 10.2. The number of hydrogen-bond donors (Lipinski definition) is 1. The molecule has 1 aromatic carbocycles. The standard InChI is InChI=1S/C16H25N3O3/c1-4-18(5-2)16(20)17-14-12-13(6-7-15(14)21-3)19-8-10-22-11-9-19/h6-7,12H,4-5,8-11H2,1-3H3,(H,17,20). The monoisotopic (exact) mass is 307 g/mol. The summed E-state index contributed by atoms with van der Waals surface area (Å²) in [5.74, 6) is 0.664. The second kappa shape index (κ2) is 7.89. The molecule has 1 saturated heterocycles. The summed E-state index contributed by atoms with van der Waals surface area (Å²) in [6, 6.07) is 5.76. The molecule has 6 nitrogen and oxygen atoms in total. The maximum atomic E-state index is 12.3. The summed E-state index contributed by atoms with van der Waals surface area (Å²) in [7, 11) is 1.61. The minimum Gasteiger partial charge on any atom is -0.495 e. The van der Waals surface area contributed by atoms with Crippen LogP contribution in [0.25, 0.3) is 0 Å². The molecule has 1 aromatic rings. The summed E-state index contributed by atoms with van der Waals surface area (Å²) in [6.07, 6.45) is 0. The molecule has 0 saturated carbocycles. The molecule has 1 N–H and O–H groups in total. The van der Waals surface area contributed by atoms with Gasteiger partial charge in [0.05, 0.1) is 26.0 Å². The molecule has 0 spiro atoms. The van der Waals surface area contributed by atoms with E-state index in [1.807, 2.05) is 32.0 Å². The third kappa shape index (κ3) is 3.82. The number of carbonyl (C=O) groups excluding carboxylic acids is 1. The van der Waals surface area contributed by atoms with Crippen LogP contribution in [0.3, 0.4) is 0 Å². The number of nitrogens with one attached hydrogen (secondary N) is 1. The fourth-order valence-corrected chi connectivity index (χ4v) is 2.52. The van der Waals surface area contributed by atoms with Gasteiger partial charge in [0, 0.05) is 31.9 Å². The Hall–Kier alpha value is -1.95. The number of carbonyl (C=O) groups is 1. The number of benzene rings is 1. The highest BCUT2D eigenvalue weighted by molar-refractivity contribution is 5.91. The second-order valence-corrected chi connectivity index (χ2v) is 5.09. The van der Waals surface area contributed by atoms with Crippen LogP contribution < -0.4 is 15.0 Å².